The number of carbonyl (C=O) groups excluding carboxylic acids is 2. The summed E-state index contributed by atoms with van der Waals surface area (Å²) in [5, 5.41) is 7.49. The Morgan fingerprint density at radius 1 is 1.16 bits per heavy atom. The zero-order valence-electron chi connectivity index (χ0n) is 14.7. The summed E-state index contributed by atoms with van der Waals surface area (Å²) in [5.74, 6) is -0.596. The molecule has 5 nitrogen and oxygen atoms in total. The first kappa shape index (κ1) is 18.9. The maximum atomic E-state index is 12.5. The maximum absolute atomic E-state index is 12.5. The summed E-state index contributed by atoms with van der Waals surface area (Å²) in [5.41, 5.74) is 1.84. The third-order valence-corrected chi connectivity index (χ3v) is 4.30. The lowest BCUT2D eigenvalue weighted by Crippen LogP contribution is -2.37. The van der Waals surface area contributed by atoms with Gasteiger partial charge in [-0.3, -0.25) is 9.59 Å². The van der Waals surface area contributed by atoms with Crippen LogP contribution in [0.4, 0.5) is 0 Å². The average molecular weight is 357 g/mol. The van der Waals surface area contributed by atoms with Gasteiger partial charge in [-0.2, -0.15) is 0 Å². The van der Waals surface area contributed by atoms with Gasteiger partial charge in [0, 0.05) is 23.5 Å². The van der Waals surface area contributed by atoms with Crippen LogP contribution in [-0.4, -0.2) is 43.9 Å². The van der Waals surface area contributed by atoms with Crippen LogP contribution in [0, 0.1) is 6.92 Å². The quantitative estimate of drug-likeness (QED) is 0.749. The number of likely N-dealkylation sites (N-methyl/N-ethyl adjacent to an activating group) is 1. The van der Waals surface area contributed by atoms with E-state index in [1.165, 1.54) is 11.3 Å². The van der Waals surface area contributed by atoms with Crippen LogP contribution in [-0.2, 0) is 4.79 Å². The Morgan fingerprint density at radius 3 is 2.48 bits per heavy atom. The Bertz CT molecular complexity index is 735. The van der Waals surface area contributed by atoms with Gasteiger partial charge in [-0.1, -0.05) is 23.8 Å². The van der Waals surface area contributed by atoms with E-state index in [-0.39, 0.29) is 17.5 Å². The van der Waals surface area contributed by atoms with E-state index in [4.69, 9.17) is 0 Å². The zero-order chi connectivity index (χ0) is 18.2. The van der Waals surface area contributed by atoms with Gasteiger partial charge in [0.05, 0.1) is 0 Å². The summed E-state index contributed by atoms with van der Waals surface area (Å²) in [6, 6.07) is 11.0. The lowest BCUT2D eigenvalue weighted by molar-refractivity contribution is -0.117. The van der Waals surface area contributed by atoms with Crippen molar-refractivity contribution in [3.05, 3.63) is 63.5 Å². The first-order valence-corrected chi connectivity index (χ1v) is 8.90. The topological polar surface area (TPSA) is 61.4 Å². The minimum absolute atomic E-state index is 0.242. The fourth-order valence-electron chi connectivity index (χ4n) is 2.06. The van der Waals surface area contributed by atoms with Gasteiger partial charge in [-0.05, 0) is 50.7 Å². The highest BCUT2D eigenvalue weighted by atomic mass is 32.1. The predicted molar refractivity (Wildman–Crippen MR) is 103 cm³/mol. The Labute approximate surface area is 152 Å². The van der Waals surface area contributed by atoms with Crippen molar-refractivity contribution in [1.82, 2.24) is 15.5 Å². The molecule has 2 rings (SSSR count). The monoisotopic (exact) mass is 357 g/mol. The van der Waals surface area contributed by atoms with Crippen LogP contribution in [0.15, 0.2) is 47.5 Å². The van der Waals surface area contributed by atoms with E-state index in [1.807, 2.05) is 55.6 Å². The number of thiophene rings is 1. The molecule has 2 amide bonds. The van der Waals surface area contributed by atoms with Crippen LogP contribution in [0.3, 0.4) is 0 Å². The van der Waals surface area contributed by atoms with E-state index >= 15 is 0 Å². The van der Waals surface area contributed by atoms with Crippen molar-refractivity contribution >= 4 is 29.2 Å². The Balaban J connectivity index is 2.12. The maximum Gasteiger partial charge on any atom is 0.267 e. The fraction of sp³-hybridized carbons (Fsp3) is 0.263. The van der Waals surface area contributed by atoms with E-state index in [0.717, 1.165) is 17.0 Å². The molecule has 0 unspecified atom stereocenters. The Morgan fingerprint density at radius 2 is 1.88 bits per heavy atom. The number of nitrogens with one attached hydrogen (secondary N) is 2. The van der Waals surface area contributed by atoms with E-state index in [2.05, 4.69) is 10.6 Å². The van der Waals surface area contributed by atoms with Crippen molar-refractivity contribution in [3.63, 3.8) is 0 Å². The normalized spacial score (nSPS) is 11.4. The molecule has 0 saturated heterocycles. The lowest BCUT2D eigenvalue weighted by atomic mass is 10.1. The highest BCUT2D eigenvalue weighted by Gasteiger charge is 2.14. The number of carbonyl (C=O) groups is 2. The van der Waals surface area contributed by atoms with Gasteiger partial charge in [0.15, 0.2) is 0 Å². The summed E-state index contributed by atoms with van der Waals surface area (Å²) in [7, 11) is 3.88. The summed E-state index contributed by atoms with van der Waals surface area (Å²) in [6.45, 7) is 3.19. The third-order valence-electron chi connectivity index (χ3n) is 3.48. The molecule has 0 aliphatic carbocycles. The van der Waals surface area contributed by atoms with Crippen molar-refractivity contribution in [2.75, 3.05) is 27.2 Å². The van der Waals surface area contributed by atoms with Crippen LogP contribution >= 0.6 is 11.3 Å². The molecule has 0 aliphatic rings. The van der Waals surface area contributed by atoms with Crippen molar-refractivity contribution in [3.8, 4) is 0 Å². The molecule has 2 aromatic rings. The van der Waals surface area contributed by atoms with Crippen LogP contribution in [0.25, 0.3) is 6.08 Å². The van der Waals surface area contributed by atoms with Gasteiger partial charge in [0.25, 0.3) is 11.8 Å². The molecule has 132 valence electrons. The standard InChI is InChI=1S/C19H23N3O2S/c1-14-6-8-15(9-7-14)18(23)21-17(13-16-5-4-12-25-16)19(24)20-10-11-22(2)3/h4-9,12-13H,10-11H2,1-3H3,(H,20,24)(H,21,23). The molecule has 0 fully saturated rings. The average Bonchev–Trinajstić information content (AvgIpc) is 3.07. The molecule has 25 heavy (non-hydrogen) atoms. The molecule has 0 saturated carbocycles. The molecule has 0 spiro atoms. The van der Waals surface area contributed by atoms with E-state index in [9.17, 15) is 9.59 Å². The number of rotatable bonds is 7. The number of hydrogen-bond acceptors (Lipinski definition) is 4. The molecular formula is C19H23N3O2S. The Kier molecular flexibility index (Phi) is 6.91. The smallest absolute Gasteiger partial charge is 0.267 e. The van der Waals surface area contributed by atoms with Crippen molar-refractivity contribution < 1.29 is 9.59 Å². The van der Waals surface area contributed by atoms with Gasteiger partial charge < -0.3 is 15.5 Å². The first-order valence-electron chi connectivity index (χ1n) is 8.02. The van der Waals surface area contributed by atoms with Crippen molar-refractivity contribution in [2.24, 2.45) is 0 Å². The second kappa shape index (κ2) is 9.15. The van der Waals surface area contributed by atoms with E-state index < -0.39 is 0 Å². The number of benzene rings is 1. The molecule has 0 radical (unpaired) electrons. The molecule has 0 atom stereocenters. The van der Waals surface area contributed by atoms with Crippen molar-refractivity contribution in [2.45, 2.75) is 6.92 Å². The molecular weight excluding hydrogens is 334 g/mol. The number of amides is 2. The van der Waals surface area contributed by atoms with Gasteiger partial charge in [0.2, 0.25) is 0 Å². The second-order valence-electron chi connectivity index (χ2n) is 5.95. The number of nitrogens with zero attached hydrogens (tertiary/aromatic N) is 1. The van der Waals surface area contributed by atoms with Crippen LogP contribution in [0.1, 0.15) is 20.8 Å². The SMILES string of the molecule is Cc1ccc(C(=O)NC(=Cc2cccs2)C(=O)NCCN(C)C)cc1. The molecule has 6 heteroatoms. The summed E-state index contributed by atoms with van der Waals surface area (Å²) < 4.78 is 0. The van der Waals surface area contributed by atoms with E-state index in [1.54, 1.807) is 18.2 Å². The largest absolute Gasteiger partial charge is 0.349 e. The molecule has 1 aromatic heterocycles. The second-order valence-corrected chi connectivity index (χ2v) is 6.93. The van der Waals surface area contributed by atoms with Gasteiger partial charge in [-0.25, -0.2) is 0 Å². The minimum Gasteiger partial charge on any atom is -0.349 e. The predicted octanol–water partition coefficient (Wildman–Crippen LogP) is 2.51. The summed E-state index contributed by atoms with van der Waals surface area (Å²) >= 11 is 1.51. The van der Waals surface area contributed by atoms with Crippen LogP contribution in [0.2, 0.25) is 0 Å². The lowest BCUT2D eigenvalue weighted by Gasteiger charge is -2.13. The molecule has 2 N–H and O–H groups in total. The van der Waals surface area contributed by atoms with E-state index in [0.29, 0.717) is 12.1 Å². The molecule has 1 heterocycles. The molecule has 1 aromatic carbocycles. The Hall–Kier alpha value is -2.44. The number of hydrogen-bond donors (Lipinski definition) is 2. The fourth-order valence-corrected chi connectivity index (χ4v) is 2.72. The highest BCUT2D eigenvalue weighted by molar-refractivity contribution is 7.10. The third kappa shape index (κ3) is 6.17. The molecule has 0 aliphatic heterocycles. The zero-order valence-corrected chi connectivity index (χ0v) is 15.5. The van der Waals surface area contributed by atoms with Crippen molar-refractivity contribution in [1.29, 1.82) is 0 Å². The minimum atomic E-state index is -0.300. The van der Waals surface area contributed by atoms with Gasteiger partial charge in [0.1, 0.15) is 5.70 Å². The summed E-state index contributed by atoms with van der Waals surface area (Å²) in [4.78, 5) is 27.8. The van der Waals surface area contributed by atoms with Gasteiger partial charge in [-0.15, -0.1) is 11.3 Å². The first-order chi connectivity index (χ1) is 12.0. The molecule has 0 bridgehead atoms. The van der Waals surface area contributed by atoms with Crippen LogP contribution < -0.4 is 10.6 Å². The number of aryl methyl sites for hydroxylation is 1. The van der Waals surface area contributed by atoms with Crippen LogP contribution in [0.5, 0.6) is 0 Å². The highest BCUT2D eigenvalue weighted by Crippen LogP contribution is 2.13. The van der Waals surface area contributed by atoms with Gasteiger partial charge >= 0.3 is 0 Å². The summed E-state index contributed by atoms with van der Waals surface area (Å²) in [6.07, 6.45) is 1.70.